The SMILES string of the molecule is CSc1ccc(C(=O)N2CCC(C(N)=O)CC2)cc1. The highest BCUT2D eigenvalue weighted by atomic mass is 32.2. The first-order valence-electron chi connectivity index (χ1n) is 6.34. The molecule has 1 aliphatic heterocycles. The monoisotopic (exact) mass is 278 g/mol. The molecule has 0 bridgehead atoms. The first-order chi connectivity index (χ1) is 9.11. The molecule has 0 spiro atoms. The van der Waals surface area contributed by atoms with Gasteiger partial charge in [0.15, 0.2) is 0 Å². The Morgan fingerprint density at radius 2 is 1.79 bits per heavy atom. The molecule has 4 nitrogen and oxygen atoms in total. The summed E-state index contributed by atoms with van der Waals surface area (Å²) >= 11 is 1.65. The number of primary amides is 1. The molecule has 2 amide bonds. The van der Waals surface area contributed by atoms with Gasteiger partial charge in [-0.25, -0.2) is 0 Å². The first-order valence-corrected chi connectivity index (χ1v) is 7.57. The van der Waals surface area contributed by atoms with E-state index in [-0.39, 0.29) is 17.7 Å². The number of nitrogens with zero attached hydrogens (tertiary/aromatic N) is 1. The molecular weight excluding hydrogens is 260 g/mol. The van der Waals surface area contributed by atoms with Crippen molar-refractivity contribution in [2.75, 3.05) is 19.3 Å². The summed E-state index contributed by atoms with van der Waals surface area (Å²) in [6.45, 7) is 1.22. The van der Waals surface area contributed by atoms with Gasteiger partial charge >= 0.3 is 0 Å². The molecule has 0 unspecified atom stereocenters. The number of hydrogen-bond donors (Lipinski definition) is 1. The van der Waals surface area contributed by atoms with Crippen molar-refractivity contribution in [1.29, 1.82) is 0 Å². The lowest BCUT2D eigenvalue weighted by Gasteiger charge is -2.30. The summed E-state index contributed by atoms with van der Waals surface area (Å²) in [5.74, 6) is -0.296. The summed E-state index contributed by atoms with van der Waals surface area (Å²) in [6.07, 6.45) is 3.35. The smallest absolute Gasteiger partial charge is 0.253 e. The van der Waals surface area contributed by atoms with Crippen molar-refractivity contribution in [3.63, 3.8) is 0 Å². The molecule has 2 rings (SSSR count). The van der Waals surface area contributed by atoms with Gasteiger partial charge in [0, 0.05) is 29.5 Å². The van der Waals surface area contributed by atoms with Crippen molar-refractivity contribution in [2.45, 2.75) is 17.7 Å². The number of benzene rings is 1. The van der Waals surface area contributed by atoms with Crippen LogP contribution in [0.1, 0.15) is 23.2 Å². The number of hydrogen-bond acceptors (Lipinski definition) is 3. The fraction of sp³-hybridized carbons (Fsp3) is 0.429. The van der Waals surface area contributed by atoms with E-state index in [0.29, 0.717) is 31.5 Å². The van der Waals surface area contributed by atoms with Crippen molar-refractivity contribution in [3.8, 4) is 0 Å². The van der Waals surface area contributed by atoms with E-state index < -0.39 is 0 Å². The van der Waals surface area contributed by atoms with E-state index >= 15 is 0 Å². The fourth-order valence-electron chi connectivity index (χ4n) is 2.28. The zero-order chi connectivity index (χ0) is 13.8. The highest BCUT2D eigenvalue weighted by molar-refractivity contribution is 7.98. The molecule has 0 radical (unpaired) electrons. The van der Waals surface area contributed by atoms with Crippen LogP contribution in [0.15, 0.2) is 29.2 Å². The minimum atomic E-state index is -0.253. The maximum atomic E-state index is 12.3. The van der Waals surface area contributed by atoms with Crippen LogP contribution >= 0.6 is 11.8 Å². The van der Waals surface area contributed by atoms with Gasteiger partial charge in [-0.2, -0.15) is 0 Å². The van der Waals surface area contributed by atoms with Gasteiger partial charge in [-0.05, 0) is 43.4 Å². The van der Waals surface area contributed by atoms with Crippen molar-refractivity contribution in [1.82, 2.24) is 4.90 Å². The second-order valence-electron chi connectivity index (χ2n) is 4.70. The number of thioether (sulfide) groups is 1. The van der Waals surface area contributed by atoms with Gasteiger partial charge in [-0.15, -0.1) is 11.8 Å². The molecule has 1 aromatic carbocycles. The quantitative estimate of drug-likeness (QED) is 0.857. The van der Waals surface area contributed by atoms with Crippen LogP contribution in [0.3, 0.4) is 0 Å². The van der Waals surface area contributed by atoms with Gasteiger partial charge in [-0.3, -0.25) is 9.59 Å². The van der Waals surface area contributed by atoms with Crippen LogP contribution in [0.2, 0.25) is 0 Å². The number of piperidine rings is 1. The van der Waals surface area contributed by atoms with E-state index in [9.17, 15) is 9.59 Å². The number of carbonyl (C=O) groups excluding carboxylic acids is 2. The van der Waals surface area contributed by atoms with Crippen molar-refractivity contribution in [3.05, 3.63) is 29.8 Å². The molecule has 0 saturated carbocycles. The zero-order valence-electron chi connectivity index (χ0n) is 11.0. The Kier molecular flexibility index (Phi) is 4.47. The van der Waals surface area contributed by atoms with Crippen LogP contribution in [0.5, 0.6) is 0 Å². The Balaban J connectivity index is 1.98. The summed E-state index contributed by atoms with van der Waals surface area (Å²) in [5, 5.41) is 0. The third-order valence-electron chi connectivity index (χ3n) is 3.52. The van der Waals surface area contributed by atoms with Gasteiger partial charge in [-0.1, -0.05) is 0 Å². The minimum Gasteiger partial charge on any atom is -0.369 e. The topological polar surface area (TPSA) is 63.4 Å². The number of nitrogens with two attached hydrogens (primary N) is 1. The molecule has 19 heavy (non-hydrogen) atoms. The van der Waals surface area contributed by atoms with Crippen molar-refractivity contribution < 1.29 is 9.59 Å². The summed E-state index contributed by atoms with van der Waals surface area (Å²) in [5.41, 5.74) is 5.99. The fourth-order valence-corrected chi connectivity index (χ4v) is 2.69. The van der Waals surface area contributed by atoms with Gasteiger partial charge in [0.05, 0.1) is 0 Å². The Labute approximate surface area is 117 Å². The molecule has 1 fully saturated rings. The number of carbonyl (C=O) groups is 2. The molecule has 1 aliphatic rings. The largest absolute Gasteiger partial charge is 0.369 e. The predicted octanol–water partition coefficient (Wildman–Crippen LogP) is 1.75. The van der Waals surface area contributed by atoms with E-state index in [4.69, 9.17) is 5.73 Å². The van der Waals surface area contributed by atoms with E-state index in [1.54, 1.807) is 16.7 Å². The maximum Gasteiger partial charge on any atom is 0.253 e. The standard InChI is InChI=1S/C14H18N2O2S/c1-19-12-4-2-11(3-5-12)14(18)16-8-6-10(7-9-16)13(15)17/h2-5,10H,6-9H2,1H3,(H2,15,17). The van der Waals surface area contributed by atoms with Crippen molar-refractivity contribution in [2.24, 2.45) is 11.7 Å². The zero-order valence-corrected chi connectivity index (χ0v) is 11.8. The normalized spacial score (nSPS) is 16.4. The van der Waals surface area contributed by atoms with E-state index in [0.717, 1.165) is 4.90 Å². The average molecular weight is 278 g/mol. The minimum absolute atomic E-state index is 0.0376. The lowest BCUT2D eigenvalue weighted by atomic mass is 9.96. The summed E-state index contributed by atoms with van der Waals surface area (Å²) in [4.78, 5) is 26.3. The van der Waals surface area contributed by atoms with Crippen LogP contribution in [0, 0.1) is 5.92 Å². The maximum absolute atomic E-state index is 12.3. The molecule has 1 saturated heterocycles. The van der Waals surface area contributed by atoms with E-state index in [1.165, 1.54) is 0 Å². The second kappa shape index (κ2) is 6.10. The highest BCUT2D eigenvalue weighted by Gasteiger charge is 2.26. The molecule has 0 aromatic heterocycles. The van der Waals surface area contributed by atoms with E-state index in [2.05, 4.69) is 0 Å². The van der Waals surface area contributed by atoms with Crippen LogP contribution in [0.4, 0.5) is 0 Å². The van der Waals surface area contributed by atoms with E-state index in [1.807, 2.05) is 30.5 Å². The van der Waals surface area contributed by atoms with Crippen LogP contribution in [-0.4, -0.2) is 36.1 Å². The van der Waals surface area contributed by atoms with Gasteiger partial charge < -0.3 is 10.6 Å². The number of amides is 2. The summed E-state index contributed by atoms with van der Waals surface area (Å²) in [7, 11) is 0. The van der Waals surface area contributed by atoms with Gasteiger partial charge in [0.25, 0.3) is 5.91 Å². The Morgan fingerprint density at radius 3 is 2.26 bits per heavy atom. The number of rotatable bonds is 3. The molecule has 0 aliphatic carbocycles. The third kappa shape index (κ3) is 3.29. The summed E-state index contributed by atoms with van der Waals surface area (Å²) in [6, 6.07) is 7.62. The Morgan fingerprint density at radius 1 is 1.21 bits per heavy atom. The Hall–Kier alpha value is -1.49. The first kappa shape index (κ1) is 13.9. The van der Waals surface area contributed by atoms with Crippen LogP contribution in [-0.2, 0) is 4.79 Å². The molecule has 5 heteroatoms. The lowest BCUT2D eigenvalue weighted by molar-refractivity contribution is -0.123. The molecule has 2 N–H and O–H groups in total. The highest BCUT2D eigenvalue weighted by Crippen LogP contribution is 2.20. The predicted molar refractivity (Wildman–Crippen MR) is 76.0 cm³/mol. The van der Waals surface area contributed by atoms with Crippen LogP contribution < -0.4 is 5.73 Å². The van der Waals surface area contributed by atoms with Gasteiger partial charge in [0.2, 0.25) is 5.91 Å². The third-order valence-corrected chi connectivity index (χ3v) is 4.27. The van der Waals surface area contributed by atoms with Crippen molar-refractivity contribution >= 4 is 23.6 Å². The molecule has 0 atom stereocenters. The van der Waals surface area contributed by atoms with Gasteiger partial charge in [0.1, 0.15) is 0 Å². The lowest BCUT2D eigenvalue weighted by Crippen LogP contribution is -2.41. The average Bonchev–Trinajstić information content (AvgIpc) is 2.46. The molecule has 1 heterocycles. The molecule has 102 valence electrons. The number of likely N-dealkylation sites (tertiary alicyclic amines) is 1. The second-order valence-corrected chi connectivity index (χ2v) is 5.58. The van der Waals surface area contributed by atoms with Crippen LogP contribution in [0.25, 0.3) is 0 Å². The molecule has 1 aromatic rings. The summed E-state index contributed by atoms with van der Waals surface area (Å²) < 4.78 is 0. The molecular formula is C14H18N2O2S. The Bertz CT molecular complexity index is 465.